The standard InChI is InChI=1S/C12H11F2NO3/c1-2-18-12(17)9-5-10(16)11-7(14)3-6(13)4-8(11)15-9/h3-4,9,15H,2,5H2,1H3/t9-/m0/s1. The summed E-state index contributed by atoms with van der Waals surface area (Å²) in [6.07, 6.45) is -0.200. The van der Waals surface area contributed by atoms with E-state index in [-0.39, 0.29) is 24.3 Å². The lowest BCUT2D eigenvalue weighted by Crippen LogP contribution is -2.38. The third-order valence-corrected chi connectivity index (χ3v) is 2.62. The maximum atomic E-state index is 13.4. The zero-order chi connectivity index (χ0) is 13.3. The minimum atomic E-state index is -0.926. The molecule has 1 aromatic carbocycles. The molecule has 0 radical (unpaired) electrons. The van der Waals surface area contributed by atoms with Gasteiger partial charge >= 0.3 is 5.97 Å². The maximum Gasteiger partial charge on any atom is 0.329 e. The number of rotatable bonds is 2. The van der Waals surface area contributed by atoms with Crippen LogP contribution in [0.2, 0.25) is 0 Å². The van der Waals surface area contributed by atoms with Crippen molar-refractivity contribution in [3.05, 3.63) is 29.3 Å². The summed E-state index contributed by atoms with van der Waals surface area (Å²) in [5.74, 6) is -2.89. The molecule has 0 bridgehead atoms. The van der Waals surface area contributed by atoms with Gasteiger partial charge in [0, 0.05) is 12.5 Å². The Bertz CT molecular complexity index is 516. The number of ketones is 1. The molecule has 0 saturated carbocycles. The molecular formula is C12H11F2NO3. The molecule has 18 heavy (non-hydrogen) atoms. The molecule has 96 valence electrons. The summed E-state index contributed by atoms with van der Waals surface area (Å²) in [6.45, 7) is 1.81. The fourth-order valence-electron chi connectivity index (χ4n) is 1.88. The molecule has 4 nitrogen and oxygen atoms in total. The number of halogens is 2. The maximum absolute atomic E-state index is 13.4. The van der Waals surface area contributed by atoms with Crippen molar-refractivity contribution in [1.82, 2.24) is 0 Å². The Hall–Kier alpha value is -1.98. The van der Waals surface area contributed by atoms with Crippen LogP contribution in [0.5, 0.6) is 0 Å². The second kappa shape index (κ2) is 4.72. The highest BCUT2D eigenvalue weighted by Gasteiger charge is 2.32. The second-order valence-corrected chi connectivity index (χ2v) is 3.89. The van der Waals surface area contributed by atoms with Crippen LogP contribution in [0.3, 0.4) is 0 Å². The summed E-state index contributed by atoms with van der Waals surface area (Å²) in [7, 11) is 0. The SMILES string of the molecule is CCOC(=O)[C@@H]1CC(=O)c2c(F)cc(F)cc2N1. The molecule has 6 heteroatoms. The normalized spacial score (nSPS) is 17.9. The molecule has 0 saturated heterocycles. The third-order valence-electron chi connectivity index (χ3n) is 2.62. The molecule has 0 fully saturated rings. The summed E-state index contributed by atoms with van der Waals surface area (Å²) in [4.78, 5) is 23.2. The number of nitrogens with one attached hydrogen (secondary N) is 1. The number of fused-ring (bicyclic) bond motifs is 1. The number of hydrogen-bond donors (Lipinski definition) is 1. The second-order valence-electron chi connectivity index (χ2n) is 3.89. The average Bonchev–Trinajstić information content (AvgIpc) is 2.27. The van der Waals surface area contributed by atoms with Crippen LogP contribution in [0.1, 0.15) is 23.7 Å². The van der Waals surface area contributed by atoms with Crippen molar-refractivity contribution >= 4 is 17.4 Å². The quantitative estimate of drug-likeness (QED) is 0.820. The van der Waals surface area contributed by atoms with E-state index >= 15 is 0 Å². The Morgan fingerprint density at radius 2 is 2.22 bits per heavy atom. The average molecular weight is 255 g/mol. The van der Waals surface area contributed by atoms with Crippen LogP contribution in [0.25, 0.3) is 0 Å². The van der Waals surface area contributed by atoms with Crippen molar-refractivity contribution in [2.75, 3.05) is 11.9 Å². The van der Waals surface area contributed by atoms with E-state index in [4.69, 9.17) is 4.74 Å². The van der Waals surface area contributed by atoms with E-state index < -0.39 is 29.4 Å². The molecule has 0 amide bonds. The number of benzene rings is 1. The predicted octanol–water partition coefficient (Wildman–Crippen LogP) is 1.89. The van der Waals surface area contributed by atoms with Gasteiger partial charge in [-0.05, 0) is 13.0 Å². The summed E-state index contributed by atoms with van der Waals surface area (Å²) < 4.78 is 31.3. The van der Waals surface area contributed by atoms with Crippen LogP contribution in [0.15, 0.2) is 12.1 Å². The first-order chi connectivity index (χ1) is 8.52. The summed E-state index contributed by atoms with van der Waals surface area (Å²) in [5.41, 5.74) is -0.223. The highest BCUT2D eigenvalue weighted by Crippen LogP contribution is 2.28. The predicted molar refractivity (Wildman–Crippen MR) is 59.3 cm³/mol. The van der Waals surface area contributed by atoms with Gasteiger partial charge in [0.05, 0.1) is 17.9 Å². The van der Waals surface area contributed by atoms with Crippen LogP contribution >= 0.6 is 0 Å². The Balaban J connectivity index is 2.34. The van der Waals surface area contributed by atoms with Gasteiger partial charge < -0.3 is 10.1 Å². The van der Waals surface area contributed by atoms with Crippen molar-refractivity contribution < 1.29 is 23.1 Å². The molecule has 2 rings (SSSR count). The number of Topliss-reactive ketones (excluding diaryl/α,β-unsaturated/α-hetero) is 1. The minimum absolute atomic E-state index is 0.0122. The fourth-order valence-corrected chi connectivity index (χ4v) is 1.88. The molecule has 0 spiro atoms. The highest BCUT2D eigenvalue weighted by molar-refractivity contribution is 6.06. The largest absolute Gasteiger partial charge is 0.464 e. The van der Waals surface area contributed by atoms with Gasteiger partial charge in [-0.2, -0.15) is 0 Å². The van der Waals surface area contributed by atoms with Crippen molar-refractivity contribution in [2.24, 2.45) is 0 Å². The Morgan fingerprint density at radius 3 is 2.89 bits per heavy atom. The van der Waals surface area contributed by atoms with E-state index in [0.717, 1.165) is 6.07 Å². The zero-order valence-corrected chi connectivity index (χ0v) is 9.63. The van der Waals surface area contributed by atoms with Crippen LogP contribution in [0.4, 0.5) is 14.5 Å². The molecule has 1 N–H and O–H groups in total. The van der Waals surface area contributed by atoms with Crippen LogP contribution in [-0.4, -0.2) is 24.4 Å². The smallest absolute Gasteiger partial charge is 0.329 e. The Labute approximate surface area is 102 Å². The molecule has 1 heterocycles. The highest BCUT2D eigenvalue weighted by atomic mass is 19.1. The van der Waals surface area contributed by atoms with Crippen molar-refractivity contribution in [3.8, 4) is 0 Å². The van der Waals surface area contributed by atoms with E-state index in [1.165, 1.54) is 0 Å². The van der Waals surface area contributed by atoms with Gasteiger partial charge in [0.25, 0.3) is 0 Å². The van der Waals surface area contributed by atoms with Crippen molar-refractivity contribution in [1.29, 1.82) is 0 Å². The van der Waals surface area contributed by atoms with E-state index in [9.17, 15) is 18.4 Å². The molecule has 1 atom stereocenters. The number of anilines is 1. The number of ether oxygens (including phenoxy) is 1. The van der Waals surface area contributed by atoms with Crippen molar-refractivity contribution in [2.45, 2.75) is 19.4 Å². The molecule has 1 aliphatic heterocycles. The van der Waals surface area contributed by atoms with Gasteiger partial charge in [-0.3, -0.25) is 4.79 Å². The first-order valence-electron chi connectivity index (χ1n) is 5.48. The molecule has 0 aliphatic carbocycles. The number of esters is 1. The monoisotopic (exact) mass is 255 g/mol. The van der Waals surface area contributed by atoms with E-state index in [2.05, 4.69) is 5.32 Å². The van der Waals surface area contributed by atoms with Crippen LogP contribution in [0, 0.1) is 11.6 Å². The lowest BCUT2D eigenvalue weighted by molar-refractivity contribution is -0.144. The van der Waals surface area contributed by atoms with Gasteiger partial charge in [0.2, 0.25) is 0 Å². The number of carbonyl (C=O) groups is 2. The lowest BCUT2D eigenvalue weighted by Gasteiger charge is -2.24. The van der Waals surface area contributed by atoms with Gasteiger partial charge in [0.1, 0.15) is 17.7 Å². The van der Waals surface area contributed by atoms with Crippen LogP contribution < -0.4 is 5.32 Å². The van der Waals surface area contributed by atoms with Gasteiger partial charge in [-0.25, -0.2) is 13.6 Å². The third kappa shape index (κ3) is 2.18. The van der Waals surface area contributed by atoms with Gasteiger partial charge in [-0.1, -0.05) is 0 Å². The summed E-state index contributed by atoms with van der Waals surface area (Å²) in [6, 6.07) is 0.733. The molecule has 1 aromatic rings. The topological polar surface area (TPSA) is 55.4 Å². The van der Waals surface area contributed by atoms with E-state index in [1.54, 1.807) is 6.92 Å². The lowest BCUT2D eigenvalue weighted by atomic mass is 9.96. The summed E-state index contributed by atoms with van der Waals surface area (Å²) in [5, 5.41) is 2.62. The number of carbonyl (C=O) groups excluding carboxylic acids is 2. The fraction of sp³-hybridized carbons (Fsp3) is 0.333. The molecule has 0 unspecified atom stereocenters. The molecule has 1 aliphatic rings. The van der Waals surface area contributed by atoms with E-state index in [0.29, 0.717) is 6.07 Å². The number of hydrogen-bond acceptors (Lipinski definition) is 4. The first kappa shape index (κ1) is 12.5. The van der Waals surface area contributed by atoms with Gasteiger partial charge in [0.15, 0.2) is 5.78 Å². The zero-order valence-electron chi connectivity index (χ0n) is 9.63. The van der Waals surface area contributed by atoms with E-state index in [1.807, 2.05) is 0 Å². The Kier molecular flexibility index (Phi) is 3.27. The molecular weight excluding hydrogens is 244 g/mol. The Morgan fingerprint density at radius 1 is 1.50 bits per heavy atom. The minimum Gasteiger partial charge on any atom is -0.464 e. The van der Waals surface area contributed by atoms with Gasteiger partial charge in [-0.15, -0.1) is 0 Å². The van der Waals surface area contributed by atoms with Crippen molar-refractivity contribution in [3.63, 3.8) is 0 Å². The molecule has 0 aromatic heterocycles. The van der Waals surface area contributed by atoms with Crippen LogP contribution in [-0.2, 0) is 9.53 Å². The summed E-state index contributed by atoms with van der Waals surface area (Å²) >= 11 is 0. The first-order valence-corrected chi connectivity index (χ1v) is 5.48.